The van der Waals surface area contributed by atoms with Crippen LogP contribution in [-0.4, -0.2) is 38.2 Å². The Morgan fingerprint density at radius 2 is 1.86 bits per heavy atom. The summed E-state index contributed by atoms with van der Waals surface area (Å²) in [6.07, 6.45) is -0.369. The molecule has 2 amide bonds. The standard InChI is InChI=1S/C26H29N5O3S/c1-16-11-12-19(17(2)13-16)21-15-35-24-29-23(30-31(21)24)28-22(32)20(14-18-9-7-6-8-10-18)27-25(33)34-26(3,4)5/h6-13,15,20H,14H2,1-5H3,(H,27,33)(H,28,30,32). The number of nitrogens with one attached hydrogen (secondary N) is 2. The summed E-state index contributed by atoms with van der Waals surface area (Å²) in [4.78, 5) is 30.8. The summed E-state index contributed by atoms with van der Waals surface area (Å²) in [7, 11) is 0. The zero-order valence-electron chi connectivity index (χ0n) is 20.5. The van der Waals surface area contributed by atoms with Gasteiger partial charge in [-0.15, -0.1) is 16.4 Å². The number of nitrogens with zero attached hydrogens (tertiary/aromatic N) is 3. The first kappa shape index (κ1) is 24.4. The van der Waals surface area contributed by atoms with Gasteiger partial charge in [-0.3, -0.25) is 10.1 Å². The van der Waals surface area contributed by atoms with Gasteiger partial charge in [0.2, 0.25) is 10.9 Å². The van der Waals surface area contributed by atoms with Crippen molar-refractivity contribution < 1.29 is 14.3 Å². The maximum Gasteiger partial charge on any atom is 0.408 e. The predicted octanol–water partition coefficient (Wildman–Crippen LogP) is 5.15. The molecule has 0 aliphatic heterocycles. The van der Waals surface area contributed by atoms with E-state index >= 15 is 0 Å². The molecule has 0 spiro atoms. The van der Waals surface area contributed by atoms with Crippen molar-refractivity contribution in [3.8, 4) is 11.3 Å². The molecule has 2 aromatic carbocycles. The number of hydrogen-bond acceptors (Lipinski definition) is 6. The fraction of sp³-hybridized carbons (Fsp3) is 0.308. The summed E-state index contributed by atoms with van der Waals surface area (Å²) in [6.45, 7) is 9.43. The van der Waals surface area contributed by atoms with Crippen molar-refractivity contribution in [3.63, 3.8) is 0 Å². The molecule has 0 fully saturated rings. The van der Waals surface area contributed by atoms with E-state index < -0.39 is 23.6 Å². The Hall–Kier alpha value is -3.72. The van der Waals surface area contributed by atoms with E-state index in [0.717, 1.165) is 22.4 Å². The van der Waals surface area contributed by atoms with Gasteiger partial charge in [-0.1, -0.05) is 54.1 Å². The van der Waals surface area contributed by atoms with Gasteiger partial charge in [0.05, 0.1) is 5.69 Å². The highest BCUT2D eigenvalue weighted by Crippen LogP contribution is 2.29. The van der Waals surface area contributed by atoms with E-state index in [1.54, 1.807) is 25.3 Å². The molecule has 4 rings (SSSR count). The summed E-state index contributed by atoms with van der Waals surface area (Å²) in [5, 5.41) is 12.0. The van der Waals surface area contributed by atoms with Gasteiger partial charge in [-0.2, -0.15) is 4.98 Å². The molecule has 2 aromatic heterocycles. The number of amides is 2. The van der Waals surface area contributed by atoms with Crippen LogP contribution in [0.5, 0.6) is 0 Å². The van der Waals surface area contributed by atoms with Crippen molar-refractivity contribution >= 4 is 34.2 Å². The van der Waals surface area contributed by atoms with Gasteiger partial charge in [0.25, 0.3) is 5.95 Å². The molecule has 9 heteroatoms. The van der Waals surface area contributed by atoms with Crippen LogP contribution in [0.4, 0.5) is 10.7 Å². The van der Waals surface area contributed by atoms with Gasteiger partial charge in [-0.25, -0.2) is 9.31 Å². The number of thiazole rings is 1. The summed E-state index contributed by atoms with van der Waals surface area (Å²) >= 11 is 1.45. The molecule has 1 atom stereocenters. The summed E-state index contributed by atoms with van der Waals surface area (Å²) in [5.74, 6) is -0.247. The molecule has 0 saturated heterocycles. The number of anilines is 1. The minimum Gasteiger partial charge on any atom is -0.444 e. The van der Waals surface area contributed by atoms with E-state index in [4.69, 9.17) is 4.74 Å². The molecule has 182 valence electrons. The highest BCUT2D eigenvalue weighted by Gasteiger charge is 2.26. The van der Waals surface area contributed by atoms with Crippen molar-refractivity contribution in [1.29, 1.82) is 0 Å². The van der Waals surface area contributed by atoms with Crippen molar-refractivity contribution in [3.05, 3.63) is 70.6 Å². The van der Waals surface area contributed by atoms with Crippen LogP contribution in [0.1, 0.15) is 37.5 Å². The molecule has 0 aliphatic carbocycles. The summed E-state index contributed by atoms with van der Waals surface area (Å²) < 4.78 is 7.09. The second-order valence-electron chi connectivity index (χ2n) is 9.45. The number of hydrogen-bond donors (Lipinski definition) is 2. The molecule has 0 saturated carbocycles. The van der Waals surface area contributed by atoms with Gasteiger partial charge >= 0.3 is 6.09 Å². The molecule has 35 heavy (non-hydrogen) atoms. The molecule has 0 aliphatic rings. The number of benzene rings is 2. The number of aromatic nitrogens is 3. The van der Waals surface area contributed by atoms with Crippen LogP contribution < -0.4 is 10.6 Å². The van der Waals surface area contributed by atoms with Crippen molar-refractivity contribution in [2.24, 2.45) is 0 Å². The first-order valence-corrected chi connectivity index (χ1v) is 12.2. The first-order chi connectivity index (χ1) is 16.6. The van der Waals surface area contributed by atoms with Crippen molar-refractivity contribution in [2.75, 3.05) is 5.32 Å². The maximum atomic E-state index is 13.2. The van der Waals surface area contributed by atoms with Gasteiger partial charge in [-0.05, 0) is 45.7 Å². The Morgan fingerprint density at radius 1 is 1.11 bits per heavy atom. The van der Waals surface area contributed by atoms with Crippen LogP contribution in [0, 0.1) is 13.8 Å². The first-order valence-electron chi connectivity index (χ1n) is 11.4. The lowest BCUT2D eigenvalue weighted by molar-refractivity contribution is -0.118. The van der Waals surface area contributed by atoms with Crippen molar-refractivity contribution in [1.82, 2.24) is 19.9 Å². The Labute approximate surface area is 208 Å². The third kappa shape index (κ3) is 6.05. The average molecular weight is 492 g/mol. The highest BCUT2D eigenvalue weighted by molar-refractivity contribution is 7.15. The van der Waals surface area contributed by atoms with Crippen LogP contribution >= 0.6 is 11.3 Å². The Kier molecular flexibility index (Phi) is 6.88. The number of alkyl carbamates (subject to hydrolysis) is 1. The van der Waals surface area contributed by atoms with E-state index in [0.29, 0.717) is 11.4 Å². The highest BCUT2D eigenvalue weighted by atomic mass is 32.1. The number of carbonyl (C=O) groups excluding carboxylic acids is 2. The molecule has 2 N–H and O–H groups in total. The van der Waals surface area contributed by atoms with Crippen molar-refractivity contribution in [2.45, 2.75) is 52.7 Å². The summed E-state index contributed by atoms with van der Waals surface area (Å²) in [6, 6.07) is 14.8. The number of carbonyl (C=O) groups is 2. The van der Waals surface area contributed by atoms with E-state index in [-0.39, 0.29) is 5.95 Å². The molecular formula is C26H29N5O3S. The zero-order chi connectivity index (χ0) is 25.2. The molecule has 0 bridgehead atoms. The molecule has 4 aromatic rings. The number of aryl methyl sites for hydroxylation is 2. The molecule has 8 nitrogen and oxygen atoms in total. The monoisotopic (exact) mass is 491 g/mol. The van der Waals surface area contributed by atoms with Crippen LogP contribution in [0.25, 0.3) is 16.2 Å². The third-order valence-corrected chi connectivity index (χ3v) is 6.08. The molecule has 1 unspecified atom stereocenters. The maximum absolute atomic E-state index is 13.2. The second kappa shape index (κ2) is 9.87. The smallest absolute Gasteiger partial charge is 0.408 e. The lowest BCUT2D eigenvalue weighted by Gasteiger charge is -2.23. The topological polar surface area (TPSA) is 97.6 Å². The quantitative estimate of drug-likeness (QED) is 0.389. The lowest BCUT2D eigenvalue weighted by atomic mass is 10.0. The fourth-order valence-corrected chi connectivity index (χ4v) is 4.55. The minimum absolute atomic E-state index is 0.178. The minimum atomic E-state index is -0.868. The van der Waals surface area contributed by atoms with Gasteiger partial charge in [0.15, 0.2) is 0 Å². The largest absolute Gasteiger partial charge is 0.444 e. The van der Waals surface area contributed by atoms with E-state index in [1.807, 2.05) is 35.7 Å². The molecular weight excluding hydrogens is 462 g/mol. The van der Waals surface area contributed by atoms with E-state index in [2.05, 4.69) is 52.8 Å². The van der Waals surface area contributed by atoms with Gasteiger partial charge in [0, 0.05) is 17.4 Å². The van der Waals surface area contributed by atoms with Crippen LogP contribution in [0.3, 0.4) is 0 Å². The van der Waals surface area contributed by atoms with Crippen LogP contribution in [0.15, 0.2) is 53.9 Å². The molecule has 2 heterocycles. The number of rotatable bonds is 6. The van der Waals surface area contributed by atoms with Gasteiger partial charge < -0.3 is 10.1 Å². The zero-order valence-corrected chi connectivity index (χ0v) is 21.3. The van der Waals surface area contributed by atoms with E-state index in [9.17, 15) is 9.59 Å². The fourth-order valence-electron chi connectivity index (χ4n) is 3.73. The molecule has 0 radical (unpaired) electrons. The Balaban J connectivity index is 1.56. The lowest BCUT2D eigenvalue weighted by Crippen LogP contribution is -2.47. The van der Waals surface area contributed by atoms with Crippen LogP contribution in [0.2, 0.25) is 0 Å². The predicted molar refractivity (Wildman–Crippen MR) is 138 cm³/mol. The van der Waals surface area contributed by atoms with Crippen LogP contribution in [-0.2, 0) is 16.0 Å². The third-order valence-electron chi connectivity index (χ3n) is 5.26. The number of ether oxygens (including phenoxy) is 1. The normalized spacial score (nSPS) is 12.4. The SMILES string of the molecule is Cc1ccc(-c2csc3nc(NC(=O)C(Cc4ccccc4)NC(=O)OC(C)(C)C)nn23)c(C)c1. The average Bonchev–Trinajstić information content (AvgIpc) is 3.33. The Morgan fingerprint density at radius 3 is 2.54 bits per heavy atom. The second-order valence-corrected chi connectivity index (χ2v) is 10.3. The Bertz CT molecular complexity index is 1350. The summed E-state index contributed by atoms with van der Waals surface area (Å²) in [5.41, 5.74) is 4.50. The van der Waals surface area contributed by atoms with E-state index in [1.165, 1.54) is 16.9 Å². The van der Waals surface area contributed by atoms with Gasteiger partial charge in [0.1, 0.15) is 11.6 Å². The number of fused-ring (bicyclic) bond motifs is 1.